The third-order valence-corrected chi connectivity index (χ3v) is 5.37. The molecule has 1 fully saturated rings. The van der Waals surface area contributed by atoms with E-state index in [-0.39, 0.29) is 17.6 Å². The summed E-state index contributed by atoms with van der Waals surface area (Å²) in [6.07, 6.45) is 1.92. The molecule has 1 heterocycles. The van der Waals surface area contributed by atoms with Crippen LogP contribution in [-0.2, 0) is 11.3 Å². The van der Waals surface area contributed by atoms with Crippen LogP contribution in [0.15, 0.2) is 42.5 Å². The van der Waals surface area contributed by atoms with Crippen molar-refractivity contribution in [1.29, 1.82) is 0 Å². The van der Waals surface area contributed by atoms with Crippen molar-refractivity contribution in [2.45, 2.75) is 46.1 Å². The molecule has 0 aromatic heterocycles. The van der Waals surface area contributed by atoms with Crippen LogP contribution in [0, 0.1) is 18.7 Å². The van der Waals surface area contributed by atoms with Gasteiger partial charge in [-0.05, 0) is 61.1 Å². The van der Waals surface area contributed by atoms with E-state index < -0.39 is 0 Å². The number of nitrogens with one attached hydrogen (secondary N) is 1. The number of amides is 1. The van der Waals surface area contributed by atoms with E-state index in [1.165, 1.54) is 17.7 Å². The fourth-order valence-corrected chi connectivity index (χ4v) is 3.83. The van der Waals surface area contributed by atoms with Crippen molar-refractivity contribution < 1.29 is 9.18 Å². The van der Waals surface area contributed by atoms with E-state index >= 15 is 0 Å². The molecular formula is C23H29FN2O. The van der Waals surface area contributed by atoms with E-state index in [2.05, 4.69) is 30.1 Å². The van der Waals surface area contributed by atoms with Gasteiger partial charge in [0.15, 0.2) is 0 Å². The summed E-state index contributed by atoms with van der Waals surface area (Å²) in [4.78, 5) is 15.2. The maximum absolute atomic E-state index is 13.1. The number of carbonyl (C=O) groups is 1. The standard InChI is InChI=1S/C23H29FN2O/c1-16(2)21-8-4-6-17(3)22(21)25-23(27)19-7-5-13-26(15-19)14-18-9-11-20(24)12-10-18/h4,6,8-12,16,19H,5,7,13-15H2,1-3H3,(H,25,27). The number of carbonyl (C=O) groups excluding carboxylic acids is 1. The topological polar surface area (TPSA) is 32.3 Å². The second-order valence-corrected chi connectivity index (χ2v) is 7.88. The summed E-state index contributed by atoms with van der Waals surface area (Å²) in [6.45, 7) is 8.81. The molecule has 1 amide bonds. The van der Waals surface area contributed by atoms with Gasteiger partial charge in [0.05, 0.1) is 5.92 Å². The van der Waals surface area contributed by atoms with Gasteiger partial charge in [0.25, 0.3) is 0 Å². The predicted octanol–water partition coefficient (Wildman–Crippen LogP) is 5.11. The summed E-state index contributed by atoms with van der Waals surface area (Å²) < 4.78 is 13.1. The first-order valence-corrected chi connectivity index (χ1v) is 9.81. The first-order valence-electron chi connectivity index (χ1n) is 9.81. The Labute approximate surface area is 161 Å². The van der Waals surface area contributed by atoms with Crippen molar-refractivity contribution >= 4 is 11.6 Å². The highest BCUT2D eigenvalue weighted by Crippen LogP contribution is 2.29. The van der Waals surface area contributed by atoms with Gasteiger partial charge in [-0.3, -0.25) is 9.69 Å². The number of rotatable bonds is 5. The van der Waals surface area contributed by atoms with Crippen LogP contribution in [0.4, 0.5) is 10.1 Å². The van der Waals surface area contributed by atoms with E-state index in [4.69, 9.17) is 0 Å². The quantitative estimate of drug-likeness (QED) is 0.795. The molecule has 1 aliphatic rings. The molecule has 3 rings (SSSR count). The number of halogens is 1. The molecule has 0 radical (unpaired) electrons. The van der Waals surface area contributed by atoms with Crippen molar-refractivity contribution in [1.82, 2.24) is 4.90 Å². The minimum Gasteiger partial charge on any atom is -0.325 e. The normalized spacial score (nSPS) is 17.9. The van der Waals surface area contributed by atoms with Crippen molar-refractivity contribution in [3.05, 3.63) is 65.0 Å². The lowest BCUT2D eigenvalue weighted by molar-refractivity contribution is -0.121. The molecule has 27 heavy (non-hydrogen) atoms. The number of para-hydroxylation sites is 1. The third-order valence-electron chi connectivity index (χ3n) is 5.37. The zero-order valence-electron chi connectivity index (χ0n) is 16.5. The maximum Gasteiger partial charge on any atom is 0.228 e. The predicted molar refractivity (Wildman–Crippen MR) is 108 cm³/mol. The summed E-state index contributed by atoms with van der Waals surface area (Å²) >= 11 is 0. The number of hydrogen-bond donors (Lipinski definition) is 1. The number of likely N-dealkylation sites (tertiary alicyclic amines) is 1. The molecule has 1 unspecified atom stereocenters. The highest BCUT2D eigenvalue weighted by atomic mass is 19.1. The minimum absolute atomic E-state index is 0.0150. The molecule has 1 atom stereocenters. The molecule has 2 aromatic carbocycles. The first kappa shape index (κ1) is 19.6. The van der Waals surface area contributed by atoms with Crippen LogP contribution in [0.2, 0.25) is 0 Å². The zero-order valence-corrected chi connectivity index (χ0v) is 16.5. The van der Waals surface area contributed by atoms with Crippen LogP contribution in [0.25, 0.3) is 0 Å². The molecule has 1 N–H and O–H groups in total. The summed E-state index contributed by atoms with van der Waals surface area (Å²) in [5.74, 6) is 0.240. The summed E-state index contributed by atoms with van der Waals surface area (Å²) in [7, 11) is 0. The number of piperidine rings is 1. The Bertz CT molecular complexity index is 785. The number of hydrogen-bond acceptors (Lipinski definition) is 2. The molecule has 3 nitrogen and oxygen atoms in total. The Morgan fingerprint density at radius 1 is 1.22 bits per heavy atom. The Kier molecular flexibility index (Phi) is 6.27. The Balaban J connectivity index is 1.66. The molecule has 0 aliphatic carbocycles. The van der Waals surface area contributed by atoms with Gasteiger partial charge < -0.3 is 5.32 Å². The van der Waals surface area contributed by atoms with Gasteiger partial charge in [-0.15, -0.1) is 0 Å². The second-order valence-electron chi connectivity index (χ2n) is 7.88. The zero-order chi connectivity index (χ0) is 19.4. The molecule has 0 bridgehead atoms. The van der Waals surface area contributed by atoms with Gasteiger partial charge in [-0.1, -0.05) is 44.2 Å². The Hall–Kier alpha value is -2.20. The Morgan fingerprint density at radius 2 is 1.96 bits per heavy atom. The Morgan fingerprint density at radius 3 is 2.67 bits per heavy atom. The number of anilines is 1. The van der Waals surface area contributed by atoms with Crippen molar-refractivity contribution in [3.63, 3.8) is 0 Å². The van der Waals surface area contributed by atoms with Crippen LogP contribution < -0.4 is 5.32 Å². The maximum atomic E-state index is 13.1. The smallest absolute Gasteiger partial charge is 0.228 e. The monoisotopic (exact) mass is 368 g/mol. The van der Waals surface area contributed by atoms with Crippen LogP contribution in [-0.4, -0.2) is 23.9 Å². The van der Waals surface area contributed by atoms with Gasteiger partial charge in [0.2, 0.25) is 5.91 Å². The molecule has 0 saturated carbocycles. The second kappa shape index (κ2) is 8.66. The molecule has 4 heteroatoms. The van der Waals surface area contributed by atoms with E-state index in [1.807, 2.05) is 31.2 Å². The summed E-state index contributed by atoms with van der Waals surface area (Å²) in [5.41, 5.74) is 4.34. The van der Waals surface area contributed by atoms with Crippen LogP contribution in [0.5, 0.6) is 0 Å². The molecule has 0 spiro atoms. The largest absolute Gasteiger partial charge is 0.325 e. The van der Waals surface area contributed by atoms with Gasteiger partial charge in [-0.25, -0.2) is 4.39 Å². The van der Waals surface area contributed by atoms with Gasteiger partial charge in [0.1, 0.15) is 5.82 Å². The fraction of sp³-hybridized carbons (Fsp3) is 0.435. The summed E-state index contributed by atoms with van der Waals surface area (Å²) in [6, 6.07) is 12.8. The van der Waals surface area contributed by atoms with Crippen LogP contribution in [0.1, 0.15) is 49.3 Å². The SMILES string of the molecule is Cc1cccc(C(C)C)c1NC(=O)C1CCCN(Cc2ccc(F)cc2)C1. The molecule has 2 aromatic rings. The lowest BCUT2D eigenvalue weighted by Gasteiger charge is -2.32. The van der Waals surface area contributed by atoms with Crippen molar-refractivity contribution in [2.75, 3.05) is 18.4 Å². The number of nitrogens with zero attached hydrogens (tertiary/aromatic N) is 1. The van der Waals surface area contributed by atoms with E-state index in [0.29, 0.717) is 5.92 Å². The van der Waals surface area contributed by atoms with E-state index in [0.717, 1.165) is 49.3 Å². The van der Waals surface area contributed by atoms with Crippen molar-refractivity contribution in [2.24, 2.45) is 5.92 Å². The average molecular weight is 368 g/mol. The van der Waals surface area contributed by atoms with Gasteiger partial charge in [0, 0.05) is 18.8 Å². The average Bonchev–Trinajstić information content (AvgIpc) is 2.65. The van der Waals surface area contributed by atoms with Gasteiger partial charge >= 0.3 is 0 Å². The third kappa shape index (κ3) is 4.95. The fourth-order valence-electron chi connectivity index (χ4n) is 3.83. The minimum atomic E-state index is -0.214. The molecule has 1 saturated heterocycles. The molecular weight excluding hydrogens is 339 g/mol. The number of aryl methyl sites for hydroxylation is 1. The summed E-state index contributed by atoms with van der Waals surface area (Å²) in [5, 5.41) is 3.21. The lowest BCUT2D eigenvalue weighted by Crippen LogP contribution is -2.40. The highest BCUT2D eigenvalue weighted by molar-refractivity contribution is 5.94. The lowest BCUT2D eigenvalue weighted by atomic mass is 9.94. The van der Waals surface area contributed by atoms with E-state index in [9.17, 15) is 9.18 Å². The van der Waals surface area contributed by atoms with Gasteiger partial charge in [-0.2, -0.15) is 0 Å². The van der Waals surface area contributed by atoms with Crippen molar-refractivity contribution in [3.8, 4) is 0 Å². The van der Waals surface area contributed by atoms with Crippen LogP contribution in [0.3, 0.4) is 0 Å². The number of benzene rings is 2. The van der Waals surface area contributed by atoms with E-state index in [1.54, 1.807) is 0 Å². The molecule has 144 valence electrons. The highest BCUT2D eigenvalue weighted by Gasteiger charge is 2.26. The first-order chi connectivity index (χ1) is 12.9. The molecule has 1 aliphatic heterocycles. The van der Waals surface area contributed by atoms with Crippen LogP contribution >= 0.6 is 0 Å².